The molecule has 1 fully saturated rings. The van der Waals surface area contributed by atoms with Crippen LogP contribution < -0.4 is 9.47 Å². The number of hydrogen-bond donors (Lipinski definition) is 1. The van der Waals surface area contributed by atoms with E-state index in [4.69, 9.17) is 9.47 Å². The second-order valence-electron chi connectivity index (χ2n) is 13.4. The third-order valence-electron chi connectivity index (χ3n) is 9.32. The summed E-state index contributed by atoms with van der Waals surface area (Å²) in [6.45, 7) is 5.99. The van der Waals surface area contributed by atoms with Crippen molar-refractivity contribution in [2.45, 2.75) is 159 Å². The molecule has 6 heteroatoms. The van der Waals surface area contributed by atoms with E-state index in [2.05, 4.69) is 48.0 Å². The minimum atomic E-state index is -0.626. The number of unbranched alkanes of at least 4 members (excludes halogenated alkanes) is 18. The van der Waals surface area contributed by atoms with E-state index in [0.717, 1.165) is 64.5 Å². The van der Waals surface area contributed by atoms with Gasteiger partial charge in [-0.15, -0.1) is 23.5 Å². The molecule has 0 bridgehead atoms. The third-order valence-corrected chi connectivity index (χ3v) is 13.3. The van der Waals surface area contributed by atoms with Crippen molar-refractivity contribution in [3.05, 3.63) is 58.1 Å². The van der Waals surface area contributed by atoms with Crippen molar-refractivity contribution in [3.63, 3.8) is 0 Å². The third kappa shape index (κ3) is 15.3. The maximum absolute atomic E-state index is 11.9. The zero-order valence-electron chi connectivity index (χ0n) is 29.8. The molecule has 0 aromatic heterocycles. The number of ether oxygens (including phenoxy) is 2. The highest BCUT2D eigenvalue weighted by Crippen LogP contribution is 2.58. The number of hydrogen-bond acceptors (Lipinski definition) is 5. The standard InChI is InChI=1S/C41H65BrO3S2/c1-3-5-7-9-11-13-15-17-19-21-30-44-38-29-26-36(34-39(38)45-31-22-20-18-16-14-12-10-8-6-4-2)41(46-32-23-33-47-41)40(43)35-24-27-37(42)28-25-35/h24-29,34,40,43H,3-23,30-33H2,1-2H3. The summed E-state index contributed by atoms with van der Waals surface area (Å²) in [5.41, 5.74) is 2.07. The van der Waals surface area contributed by atoms with Gasteiger partial charge in [0, 0.05) is 4.47 Å². The van der Waals surface area contributed by atoms with Crippen LogP contribution in [0.15, 0.2) is 46.9 Å². The number of aliphatic hydroxyl groups excluding tert-OH is 1. The van der Waals surface area contributed by atoms with E-state index in [1.165, 1.54) is 116 Å². The Morgan fingerprint density at radius 1 is 0.617 bits per heavy atom. The highest BCUT2D eigenvalue weighted by atomic mass is 79.9. The van der Waals surface area contributed by atoms with E-state index in [1.807, 2.05) is 47.8 Å². The lowest BCUT2D eigenvalue weighted by Crippen LogP contribution is -2.30. The van der Waals surface area contributed by atoms with Crippen molar-refractivity contribution in [1.29, 1.82) is 0 Å². The Kier molecular flexibility index (Phi) is 21.8. The Bertz CT molecular complexity index is 1060. The fourth-order valence-corrected chi connectivity index (χ4v) is 10.0. The van der Waals surface area contributed by atoms with E-state index in [1.54, 1.807) is 0 Å². The molecule has 1 unspecified atom stereocenters. The average Bonchev–Trinajstić information content (AvgIpc) is 3.10. The lowest BCUT2D eigenvalue weighted by Gasteiger charge is -2.40. The zero-order chi connectivity index (χ0) is 33.4. The molecule has 0 amide bonds. The van der Waals surface area contributed by atoms with Gasteiger partial charge in [0.15, 0.2) is 11.5 Å². The van der Waals surface area contributed by atoms with Crippen molar-refractivity contribution in [2.75, 3.05) is 24.7 Å². The largest absolute Gasteiger partial charge is 0.490 e. The van der Waals surface area contributed by atoms with Crippen molar-refractivity contribution in [3.8, 4) is 11.5 Å². The molecule has 1 N–H and O–H groups in total. The molecule has 1 aliphatic rings. The van der Waals surface area contributed by atoms with Gasteiger partial charge in [0.05, 0.1) is 13.2 Å². The summed E-state index contributed by atoms with van der Waals surface area (Å²) in [4.78, 5) is 0. The normalized spacial score (nSPS) is 15.1. The molecule has 2 aromatic rings. The summed E-state index contributed by atoms with van der Waals surface area (Å²) in [6.07, 6.45) is 26.8. The van der Waals surface area contributed by atoms with Crippen LogP contribution in [0.5, 0.6) is 11.5 Å². The predicted molar refractivity (Wildman–Crippen MR) is 211 cm³/mol. The minimum absolute atomic E-state index is 0.476. The van der Waals surface area contributed by atoms with Crippen molar-refractivity contribution >= 4 is 39.5 Å². The number of benzene rings is 2. The first-order valence-corrected chi connectivity index (χ1v) is 22.0. The van der Waals surface area contributed by atoms with Crippen molar-refractivity contribution in [2.24, 2.45) is 0 Å². The number of thioether (sulfide) groups is 2. The maximum atomic E-state index is 11.9. The topological polar surface area (TPSA) is 38.7 Å². The fourth-order valence-electron chi connectivity index (χ4n) is 6.40. The van der Waals surface area contributed by atoms with Crippen LogP contribution in [0.3, 0.4) is 0 Å². The molecule has 266 valence electrons. The minimum Gasteiger partial charge on any atom is -0.490 e. The van der Waals surface area contributed by atoms with Crippen LogP contribution in [0.25, 0.3) is 0 Å². The Balaban J connectivity index is 1.58. The van der Waals surface area contributed by atoms with Crippen molar-refractivity contribution in [1.82, 2.24) is 0 Å². The molecule has 2 aromatic carbocycles. The van der Waals surface area contributed by atoms with Crippen LogP contribution in [-0.4, -0.2) is 29.8 Å². The summed E-state index contributed by atoms with van der Waals surface area (Å²) in [6, 6.07) is 14.6. The zero-order valence-corrected chi connectivity index (χ0v) is 33.0. The van der Waals surface area contributed by atoms with Gasteiger partial charge in [-0.05, 0) is 66.2 Å². The highest BCUT2D eigenvalue weighted by Gasteiger charge is 2.44. The molecule has 1 atom stereocenters. The quantitative estimate of drug-likeness (QED) is 0.0921. The summed E-state index contributed by atoms with van der Waals surface area (Å²) >= 11 is 7.30. The molecular weight excluding hydrogens is 684 g/mol. The molecule has 3 rings (SSSR count). The van der Waals surface area contributed by atoms with Crippen LogP contribution in [0.4, 0.5) is 0 Å². The lowest BCUT2D eigenvalue weighted by molar-refractivity contribution is 0.163. The molecular formula is C41H65BrO3S2. The van der Waals surface area contributed by atoms with Gasteiger partial charge in [0.25, 0.3) is 0 Å². The Labute approximate surface area is 305 Å². The molecule has 1 saturated heterocycles. The first-order chi connectivity index (χ1) is 23.1. The highest BCUT2D eigenvalue weighted by molar-refractivity contribution is 9.10. The smallest absolute Gasteiger partial charge is 0.161 e. The molecule has 0 radical (unpaired) electrons. The second-order valence-corrected chi connectivity index (χ2v) is 17.3. The van der Waals surface area contributed by atoms with Crippen LogP contribution in [0, 0.1) is 0 Å². The van der Waals surface area contributed by atoms with Gasteiger partial charge < -0.3 is 14.6 Å². The monoisotopic (exact) mass is 748 g/mol. The van der Waals surface area contributed by atoms with Gasteiger partial charge in [0.1, 0.15) is 10.2 Å². The summed E-state index contributed by atoms with van der Waals surface area (Å²) in [7, 11) is 0. The first kappa shape index (κ1) is 40.6. The van der Waals surface area contributed by atoms with Gasteiger partial charge in [-0.3, -0.25) is 0 Å². The van der Waals surface area contributed by atoms with Crippen molar-refractivity contribution < 1.29 is 14.6 Å². The number of aliphatic hydroxyl groups is 1. The molecule has 3 nitrogen and oxygen atoms in total. The van der Waals surface area contributed by atoms with Crippen LogP contribution >= 0.6 is 39.5 Å². The summed E-state index contributed by atoms with van der Waals surface area (Å²) < 4.78 is 13.4. The Morgan fingerprint density at radius 2 is 1.06 bits per heavy atom. The maximum Gasteiger partial charge on any atom is 0.161 e. The lowest BCUT2D eigenvalue weighted by atomic mass is 9.99. The van der Waals surface area contributed by atoms with Gasteiger partial charge in [-0.2, -0.15) is 0 Å². The average molecular weight is 750 g/mol. The Hall–Kier alpha value is -0.820. The van der Waals surface area contributed by atoms with E-state index in [9.17, 15) is 5.11 Å². The van der Waals surface area contributed by atoms with Gasteiger partial charge in [-0.25, -0.2) is 0 Å². The molecule has 1 heterocycles. The fraction of sp³-hybridized carbons (Fsp3) is 0.707. The SMILES string of the molecule is CCCCCCCCCCCCOc1ccc(C2(C(O)c3ccc(Br)cc3)SCCCS2)cc1OCCCCCCCCCCCC. The second kappa shape index (κ2) is 25.2. The van der Waals surface area contributed by atoms with Gasteiger partial charge in [-0.1, -0.05) is 164 Å². The number of rotatable bonds is 27. The van der Waals surface area contributed by atoms with E-state index < -0.39 is 10.2 Å². The van der Waals surface area contributed by atoms with Crippen LogP contribution in [0.1, 0.15) is 166 Å². The van der Waals surface area contributed by atoms with Gasteiger partial charge >= 0.3 is 0 Å². The summed E-state index contributed by atoms with van der Waals surface area (Å²) in [5, 5.41) is 11.9. The van der Waals surface area contributed by atoms with E-state index >= 15 is 0 Å². The molecule has 0 aliphatic carbocycles. The summed E-state index contributed by atoms with van der Waals surface area (Å²) in [5.74, 6) is 3.74. The molecule has 0 saturated carbocycles. The first-order valence-electron chi connectivity index (χ1n) is 19.2. The molecule has 0 spiro atoms. The predicted octanol–water partition coefficient (Wildman–Crippen LogP) is 13.8. The Morgan fingerprint density at radius 3 is 1.55 bits per heavy atom. The molecule has 1 aliphatic heterocycles. The van der Waals surface area contributed by atoms with Crippen LogP contribution in [0.2, 0.25) is 0 Å². The van der Waals surface area contributed by atoms with Gasteiger partial charge in [0.2, 0.25) is 0 Å². The van der Waals surface area contributed by atoms with E-state index in [0.29, 0.717) is 6.61 Å². The van der Waals surface area contributed by atoms with E-state index in [-0.39, 0.29) is 0 Å². The number of halogens is 1. The van der Waals surface area contributed by atoms with Crippen LogP contribution in [-0.2, 0) is 4.08 Å². The molecule has 47 heavy (non-hydrogen) atoms.